The summed E-state index contributed by atoms with van der Waals surface area (Å²) in [6, 6.07) is 30.8. The van der Waals surface area contributed by atoms with Crippen LogP contribution in [0.4, 0.5) is 28.4 Å². The highest BCUT2D eigenvalue weighted by molar-refractivity contribution is 7.00. The molecule has 2 aliphatic heterocycles. The molecule has 2 nitrogen and oxygen atoms in total. The molecule has 53 heavy (non-hydrogen) atoms. The van der Waals surface area contributed by atoms with Gasteiger partial charge in [-0.3, -0.25) is 0 Å². The van der Waals surface area contributed by atoms with Crippen molar-refractivity contribution in [3.05, 3.63) is 95.1 Å². The van der Waals surface area contributed by atoms with Crippen molar-refractivity contribution >= 4 is 51.5 Å². The zero-order valence-corrected chi connectivity index (χ0v) is 34.0. The fourth-order valence-electron chi connectivity index (χ4n) is 12.1. The first-order valence-electron chi connectivity index (χ1n) is 21.3. The molecule has 4 saturated carbocycles. The summed E-state index contributed by atoms with van der Waals surface area (Å²) in [6.07, 6.45) is 11.2. The Kier molecular flexibility index (Phi) is 7.41. The number of anilines is 5. The van der Waals surface area contributed by atoms with E-state index in [0.29, 0.717) is 12.0 Å². The zero-order valence-electron chi connectivity index (χ0n) is 34.0. The molecule has 6 aliphatic rings. The van der Waals surface area contributed by atoms with Crippen LogP contribution in [0.15, 0.2) is 72.8 Å². The highest BCUT2D eigenvalue weighted by Gasteiger charge is 2.50. The Hall–Kier alpha value is -3.46. The number of benzene rings is 4. The predicted molar refractivity (Wildman–Crippen MR) is 228 cm³/mol. The van der Waals surface area contributed by atoms with Crippen LogP contribution in [0.1, 0.15) is 142 Å². The summed E-state index contributed by atoms with van der Waals surface area (Å²) in [5.41, 5.74) is 17.8. The Balaban J connectivity index is 1.28. The molecule has 10 rings (SSSR count). The maximum absolute atomic E-state index is 2.94. The second-order valence-corrected chi connectivity index (χ2v) is 21.5. The standard InChI is InChI=1S/C50H61BN2/c1-48(2,3)35-14-18-38(19-15-35)52-42-20-16-36(49(4,5)6)28-40(42)51-41-29-37(50(7,8)9)17-21-43(41)53(44-25-31-11-13-33(44)23-31)46-27-34(26-45(52)47(46)51)39-24-30-10-12-32(39)22-30/h14-21,26-33,39,44H,10-13,22-25H2,1-9H3. The lowest BCUT2D eigenvalue weighted by Crippen LogP contribution is -2.63. The molecule has 6 unspecified atom stereocenters. The van der Waals surface area contributed by atoms with E-state index >= 15 is 0 Å². The third-order valence-corrected chi connectivity index (χ3v) is 15.0. The van der Waals surface area contributed by atoms with Gasteiger partial charge in [0.05, 0.1) is 0 Å². The predicted octanol–water partition coefficient (Wildman–Crippen LogP) is 11.4. The summed E-state index contributed by atoms with van der Waals surface area (Å²) in [5.74, 6) is 4.11. The second-order valence-electron chi connectivity index (χ2n) is 21.5. The van der Waals surface area contributed by atoms with Crippen molar-refractivity contribution in [2.45, 2.75) is 142 Å². The molecule has 4 bridgehead atoms. The molecule has 0 amide bonds. The third-order valence-electron chi connectivity index (χ3n) is 15.0. The second kappa shape index (κ2) is 11.5. The lowest BCUT2D eigenvalue weighted by atomic mass is 9.33. The minimum Gasteiger partial charge on any atom is -0.339 e. The van der Waals surface area contributed by atoms with Crippen LogP contribution in [0, 0.1) is 23.7 Å². The summed E-state index contributed by atoms with van der Waals surface area (Å²) in [5, 5.41) is 0. The van der Waals surface area contributed by atoms with Crippen LogP contribution in [0.5, 0.6) is 0 Å². The summed E-state index contributed by atoms with van der Waals surface area (Å²) in [7, 11) is 0. The van der Waals surface area contributed by atoms with Crippen molar-refractivity contribution in [2.24, 2.45) is 23.7 Å². The molecule has 274 valence electrons. The number of hydrogen-bond acceptors (Lipinski definition) is 2. The Morgan fingerprint density at radius 1 is 0.509 bits per heavy atom. The summed E-state index contributed by atoms with van der Waals surface area (Å²) in [4.78, 5) is 5.63. The van der Waals surface area contributed by atoms with Crippen LogP contribution in [-0.2, 0) is 16.2 Å². The number of rotatable bonds is 3. The van der Waals surface area contributed by atoms with Crippen molar-refractivity contribution in [2.75, 3.05) is 9.80 Å². The fraction of sp³-hybridized carbons (Fsp3) is 0.520. The van der Waals surface area contributed by atoms with E-state index in [2.05, 4.69) is 145 Å². The fourth-order valence-corrected chi connectivity index (χ4v) is 12.1. The van der Waals surface area contributed by atoms with Crippen molar-refractivity contribution < 1.29 is 0 Å². The summed E-state index contributed by atoms with van der Waals surface area (Å²) >= 11 is 0. The number of hydrogen-bond donors (Lipinski definition) is 0. The maximum atomic E-state index is 2.94. The first-order valence-corrected chi connectivity index (χ1v) is 21.3. The van der Waals surface area contributed by atoms with Crippen LogP contribution in [0.2, 0.25) is 0 Å². The minimum atomic E-state index is 0.0584. The van der Waals surface area contributed by atoms with Gasteiger partial charge in [0, 0.05) is 34.5 Å². The molecule has 4 aromatic carbocycles. The van der Waals surface area contributed by atoms with E-state index in [-0.39, 0.29) is 23.0 Å². The monoisotopic (exact) mass is 700 g/mol. The minimum absolute atomic E-state index is 0.0584. The van der Waals surface area contributed by atoms with Crippen LogP contribution < -0.4 is 26.2 Å². The molecule has 2 heterocycles. The average molecular weight is 701 g/mol. The van der Waals surface area contributed by atoms with Crippen LogP contribution >= 0.6 is 0 Å². The zero-order chi connectivity index (χ0) is 36.8. The molecule has 6 atom stereocenters. The Morgan fingerprint density at radius 3 is 1.60 bits per heavy atom. The summed E-state index contributed by atoms with van der Waals surface area (Å²) < 4.78 is 0. The third kappa shape index (κ3) is 5.32. The quantitative estimate of drug-likeness (QED) is 0.173. The lowest BCUT2D eigenvalue weighted by Gasteiger charge is -2.48. The first-order chi connectivity index (χ1) is 25.1. The Morgan fingerprint density at radius 2 is 1.06 bits per heavy atom. The maximum Gasteiger partial charge on any atom is 0.252 e. The Bertz CT molecular complexity index is 2110. The van der Waals surface area contributed by atoms with E-state index in [1.807, 2.05) is 0 Å². The van der Waals surface area contributed by atoms with E-state index in [4.69, 9.17) is 0 Å². The number of nitrogens with zero attached hydrogens (tertiary/aromatic N) is 2. The van der Waals surface area contributed by atoms with Crippen LogP contribution in [0.3, 0.4) is 0 Å². The lowest BCUT2D eigenvalue weighted by molar-refractivity contribution is 0.412. The van der Waals surface area contributed by atoms with Gasteiger partial charge in [0.15, 0.2) is 0 Å². The van der Waals surface area contributed by atoms with Crippen molar-refractivity contribution in [1.82, 2.24) is 0 Å². The SMILES string of the molecule is CC(C)(C)c1ccc(N2c3ccc(C(C)(C)C)cc3B3c4cc(C(C)(C)C)ccc4N(C4CC5CCC4C5)c4cc(C5CC6CCC5C6)cc2c43)cc1. The topological polar surface area (TPSA) is 6.48 Å². The molecule has 3 heteroatoms. The smallest absolute Gasteiger partial charge is 0.252 e. The largest absolute Gasteiger partial charge is 0.339 e. The first kappa shape index (κ1) is 34.1. The molecule has 0 aromatic heterocycles. The van der Waals surface area contributed by atoms with E-state index in [0.717, 1.165) is 23.7 Å². The van der Waals surface area contributed by atoms with Gasteiger partial charge in [-0.05, 0) is 159 Å². The van der Waals surface area contributed by atoms with Gasteiger partial charge in [-0.15, -0.1) is 0 Å². The molecular formula is C50H61BN2. The van der Waals surface area contributed by atoms with Crippen LogP contribution in [-0.4, -0.2) is 12.8 Å². The van der Waals surface area contributed by atoms with Crippen molar-refractivity contribution in [3.63, 3.8) is 0 Å². The van der Waals surface area contributed by atoms with E-state index in [9.17, 15) is 0 Å². The molecule has 0 N–H and O–H groups in total. The molecular weight excluding hydrogens is 639 g/mol. The molecule has 4 fully saturated rings. The molecule has 4 aromatic rings. The normalized spacial score (nSPS) is 27.0. The van der Waals surface area contributed by atoms with Gasteiger partial charge in [0.1, 0.15) is 0 Å². The van der Waals surface area contributed by atoms with E-state index < -0.39 is 0 Å². The van der Waals surface area contributed by atoms with Crippen molar-refractivity contribution in [1.29, 1.82) is 0 Å². The molecule has 0 spiro atoms. The average Bonchev–Trinajstić information content (AvgIpc) is 3.94. The highest BCUT2D eigenvalue weighted by Crippen LogP contribution is 2.56. The Labute approximate surface area is 320 Å². The molecule has 0 radical (unpaired) electrons. The summed E-state index contributed by atoms with van der Waals surface area (Å²) in [6.45, 7) is 21.5. The van der Waals surface area contributed by atoms with E-state index in [1.165, 1.54) is 107 Å². The van der Waals surface area contributed by atoms with Crippen molar-refractivity contribution in [3.8, 4) is 0 Å². The van der Waals surface area contributed by atoms with Gasteiger partial charge in [-0.1, -0.05) is 112 Å². The van der Waals surface area contributed by atoms with Gasteiger partial charge in [-0.2, -0.15) is 0 Å². The number of fused-ring (bicyclic) bond motifs is 8. The van der Waals surface area contributed by atoms with Gasteiger partial charge in [0.25, 0.3) is 6.71 Å². The van der Waals surface area contributed by atoms with Gasteiger partial charge >= 0.3 is 0 Å². The van der Waals surface area contributed by atoms with Gasteiger partial charge in [-0.25, -0.2) is 0 Å². The molecule has 4 aliphatic carbocycles. The van der Waals surface area contributed by atoms with Gasteiger partial charge in [0.2, 0.25) is 0 Å². The van der Waals surface area contributed by atoms with E-state index in [1.54, 1.807) is 11.0 Å². The molecule has 0 saturated heterocycles. The van der Waals surface area contributed by atoms with Gasteiger partial charge < -0.3 is 9.80 Å². The van der Waals surface area contributed by atoms with Crippen LogP contribution in [0.25, 0.3) is 0 Å². The highest BCUT2D eigenvalue weighted by atomic mass is 15.2.